The van der Waals surface area contributed by atoms with Gasteiger partial charge in [0.2, 0.25) is 0 Å². The van der Waals surface area contributed by atoms with Crippen molar-refractivity contribution in [1.29, 1.82) is 0 Å². The lowest BCUT2D eigenvalue weighted by Crippen LogP contribution is -2.22. The first kappa shape index (κ1) is 22.8. The van der Waals surface area contributed by atoms with Crippen LogP contribution in [0, 0.1) is 5.41 Å². The first-order valence-electron chi connectivity index (χ1n) is 10.8. The van der Waals surface area contributed by atoms with Gasteiger partial charge in [-0.1, -0.05) is 38.6 Å². The summed E-state index contributed by atoms with van der Waals surface area (Å²) in [6.07, 6.45) is 5.18. The molecule has 0 atom stereocenters. The van der Waals surface area contributed by atoms with Gasteiger partial charge in [-0.3, -0.25) is 14.6 Å². The molecular formula is C24H22N6O4S. The zero-order valence-corrected chi connectivity index (χ0v) is 20.4. The second-order valence-corrected chi connectivity index (χ2v) is 9.87. The van der Waals surface area contributed by atoms with Crippen LogP contribution >= 0.6 is 11.8 Å². The van der Waals surface area contributed by atoms with Gasteiger partial charge in [0.15, 0.2) is 28.0 Å². The minimum absolute atomic E-state index is 0.203. The van der Waals surface area contributed by atoms with E-state index in [9.17, 15) is 9.59 Å². The summed E-state index contributed by atoms with van der Waals surface area (Å²) in [5.74, 6) is 0.316. The van der Waals surface area contributed by atoms with Crippen LogP contribution in [0.5, 0.6) is 5.75 Å². The molecule has 0 bridgehead atoms. The van der Waals surface area contributed by atoms with Crippen molar-refractivity contribution < 1.29 is 14.6 Å². The quantitative estimate of drug-likeness (QED) is 0.156. The van der Waals surface area contributed by atoms with E-state index >= 15 is 0 Å². The molecule has 10 nitrogen and oxygen atoms in total. The van der Waals surface area contributed by atoms with Crippen molar-refractivity contribution in [2.75, 3.05) is 6.26 Å². The summed E-state index contributed by atoms with van der Waals surface area (Å²) in [5.41, 5.74) is 0.740. The third-order valence-electron chi connectivity index (χ3n) is 5.17. The van der Waals surface area contributed by atoms with Crippen LogP contribution in [-0.2, 0) is 9.68 Å². The fourth-order valence-electron chi connectivity index (χ4n) is 3.71. The van der Waals surface area contributed by atoms with E-state index in [0.29, 0.717) is 38.9 Å². The lowest BCUT2D eigenvalue weighted by Gasteiger charge is -2.15. The molecule has 1 aromatic carbocycles. The average Bonchev–Trinajstić information content (AvgIpc) is 3.16. The van der Waals surface area contributed by atoms with E-state index in [4.69, 9.17) is 9.78 Å². The van der Waals surface area contributed by atoms with Gasteiger partial charge in [0.1, 0.15) is 5.39 Å². The first-order valence-corrected chi connectivity index (χ1v) is 12.0. The Bertz CT molecular complexity index is 1640. The molecule has 4 aromatic heterocycles. The van der Waals surface area contributed by atoms with Crippen molar-refractivity contribution in [2.45, 2.75) is 32.3 Å². The van der Waals surface area contributed by atoms with E-state index in [0.717, 1.165) is 0 Å². The first-order chi connectivity index (χ1) is 16.7. The summed E-state index contributed by atoms with van der Waals surface area (Å²) in [6.45, 7) is 5.81. The fourth-order valence-corrected chi connectivity index (χ4v) is 4.04. The molecule has 178 valence electrons. The summed E-state index contributed by atoms with van der Waals surface area (Å²) in [5, 5.41) is 1.48. The third kappa shape index (κ3) is 4.30. The topological polar surface area (TPSA) is 114 Å². The number of hydrogen-bond acceptors (Lipinski definition) is 9. The van der Waals surface area contributed by atoms with Gasteiger partial charge in [-0.05, 0) is 35.9 Å². The van der Waals surface area contributed by atoms with E-state index in [-0.39, 0.29) is 22.8 Å². The lowest BCUT2D eigenvalue weighted by atomic mass is 9.93. The molecule has 0 N–H and O–H groups in total. The zero-order valence-electron chi connectivity index (χ0n) is 19.6. The van der Waals surface area contributed by atoms with Gasteiger partial charge in [-0.25, -0.2) is 29.4 Å². The van der Waals surface area contributed by atoms with Crippen LogP contribution in [-0.4, -0.2) is 41.4 Å². The summed E-state index contributed by atoms with van der Waals surface area (Å²) < 4.78 is 3.08. The van der Waals surface area contributed by atoms with Gasteiger partial charge in [0.25, 0.3) is 5.56 Å². The molecule has 0 fully saturated rings. The van der Waals surface area contributed by atoms with E-state index in [1.807, 2.05) is 33.1 Å². The maximum absolute atomic E-state index is 13.6. The molecule has 0 aliphatic heterocycles. The monoisotopic (exact) mass is 490 g/mol. The van der Waals surface area contributed by atoms with E-state index in [2.05, 4.69) is 19.9 Å². The van der Waals surface area contributed by atoms with Crippen LogP contribution < -0.4 is 10.4 Å². The SMILES string of the molecule is CSc1ncc2c(=O)n3c(nc2n1)c1ccc(OOC(=O)CC(C)(C)C)cc1n3-c1ccccn1. The minimum atomic E-state index is -0.477. The van der Waals surface area contributed by atoms with E-state index in [1.165, 1.54) is 22.5 Å². The molecule has 0 saturated heterocycles. The van der Waals surface area contributed by atoms with Gasteiger partial charge >= 0.3 is 5.97 Å². The molecule has 0 spiro atoms. The molecule has 0 amide bonds. The Morgan fingerprint density at radius 2 is 1.91 bits per heavy atom. The van der Waals surface area contributed by atoms with Crippen LogP contribution in [0.1, 0.15) is 27.2 Å². The minimum Gasteiger partial charge on any atom is -0.287 e. The van der Waals surface area contributed by atoms with E-state index < -0.39 is 5.97 Å². The maximum Gasteiger partial charge on any atom is 0.355 e. The second-order valence-electron chi connectivity index (χ2n) is 9.10. The number of benzene rings is 1. The number of aromatic nitrogens is 6. The third-order valence-corrected chi connectivity index (χ3v) is 5.74. The Kier molecular flexibility index (Phi) is 5.64. The summed E-state index contributed by atoms with van der Waals surface area (Å²) in [4.78, 5) is 53.8. The van der Waals surface area contributed by atoms with Gasteiger partial charge in [0.05, 0.1) is 11.9 Å². The van der Waals surface area contributed by atoms with Crippen molar-refractivity contribution >= 4 is 45.3 Å². The highest BCUT2D eigenvalue weighted by atomic mass is 32.2. The van der Waals surface area contributed by atoms with Crippen molar-refractivity contribution in [2.24, 2.45) is 5.41 Å². The molecule has 4 heterocycles. The van der Waals surface area contributed by atoms with Gasteiger partial charge in [-0.2, -0.15) is 4.52 Å². The number of thioether (sulfide) groups is 1. The van der Waals surface area contributed by atoms with Crippen molar-refractivity contribution in [3.8, 4) is 11.6 Å². The second kappa shape index (κ2) is 8.66. The number of rotatable bonds is 5. The number of hydrogen-bond donors (Lipinski definition) is 0. The predicted molar refractivity (Wildman–Crippen MR) is 132 cm³/mol. The molecule has 0 radical (unpaired) electrons. The normalized spacial score (nSPS) is 11.9. The highest BCUT2D eigenvalue weighted by Gasteiger charge is 2.21. The Labute approximate surface area is 203 Å². The van der Waals surface area contributed by atoms with Gasteiger partial charge < -0.3 is 0 Å². The van der Waals surface area contributed by atoms with Gasteiger partial charge in [0, 0.05) is 23.8 Å². The summed E-state index contributed by atoms with van der Waals surface area (Å²) >= 11 is 1.37. The number of carbonyl (C=O) groups excluding carboxylic acids is 1. The molecule has 0 aliphatic carbocycles. The molecule has 5 aromatic rings. The van der Waals surface area contributed by atoms with Crippen molar-refractivity contribution in [1.82, 2.24) is 29.1 Å². The van der Waals surface area contributed by atoms with Crippen molar-refractivity contribution in [3.63, 3.8) is 0 Å². The largest absolute Gasteiger partial charge is 0.355 e. The Morgan fingerprint density at radius 3 is 2.63 bits per heavy atom. The highest BCUT2D eigenvalue weighted by Crippen LogP contribution is 2.28. The number of pyridine rings is 1. The summed E-state index contributed by atoms with van der Waals surface area (Å²) in [6, 6.07) is 10.5. The van der Waals surface area contributed by atoms with Crippen LogP contribution in [0.2, 0.25) is 0 Å². The van der Waals surface area contributed by atoms with E-state index in [1.54, 1.807) is 41.2 Å². The fraction of sp³-hybridized carbons (Fsp3) is 0.250. The van der Waals surface area contributed by atoms with Crippen LogP contribution in [0.3, 0.4) is 0 Å². The Balaban J connectivity index is 1.71. The standard InChI is InChI=1S/C24H22N6O4S/c1-24(2,3)12-19(31)34-33-14-8-9-15-17(11-14)29(18-7-5-6-10-25-18)30-21(15)27-20-16(22(30)32)13-26-23(28-20)35-4/h5-11,13H,12H2,1-4H3. The van der Waals surface area contributed by atoms with Crippen LogP contribution in [0.4, 0.5) is 0 Å². The molecule has 0 saturated carbocycles. The van der Waals surface area contributed by atoms with Crippen molar-refractivity contribution in [3.05, 3.63) is 59.1 Å². The Hall–Kier alpha value is -3.99. The lowest BCUT2D eigenvalue weighted by molar-refractivity contribution is -0.215. The molecule has 0 unspecified atom stereocenters. The molecular weight excluding hydrogens is 468 g/mol. The maximum atomic E-state index is 13.6. The highest BCUT2D eigenvalue weighted by molar-refractivity contribution is 7.98. The van der Waals surface area contributed by atoms with Gasteiger partial charge in [-0.15, -0.1) is 0 Å². The Morgan fingerprint density at radius 1 is 1.09 bits per heavy atom. The average molecular weight is 491 g/mol. The molecule has 11 heteroatoms. The molecule has 0 aliphatic rings. The van der Waals surface area contributed by atoms with Crippen LogP contribution in [0.15, 0.2) is 58.7 Å². The number of carbonyl (C=O) groups is 1. The number of fused-ring (bicyclic) bond motifs is 4. The van der Waals surface area contributed by atoms with Crippen LogP contribution in [0.25, 0.3) is 33.4 Å². The predicted octanol–water partition coefficient (Wildman–Crippen LogP) is 3.97. The smallest absolute Gasteiger partial charge is 0.287 e. The molecule has 5 rings (SSSR count). The number of nitrogens with zero attached hydrogens (tertiary/aromatic N) is 6. The summed E-state index contributed by atoms with van der Waals surface area (Å²) in [7, 11) is 0. The zero-order chi connectivity index (χ0) is 24.7. The molecule has 35 heavy (non-hydrogen) atoms.